The highest BCUT2D eigenvalue weighted by atomic mass is 16.5. The van der Waals surface area contributed by atoms with Crippen molar-refractivity contribution in [3.05, 3.63) is 252 Å². The third kappa shape index (κ3) is 12.9. The van der Waals surface area contributed by atoms with Gasteiger partial charge in [-0.3, -0.25) is 0 Å². The lowest BCUT2D eigenvalue weighted by atomic mass is 9.72. The van der Waals surface area contributed by atoms with Gasteiger partial charge in [0.05, 0.1) is 63.9 Å². The summed E-state index contributed by atoms with van der Waals surface area (Å²) in [7, 11) is 6.90. The minimum absolute atomic E-state index is 0.419. The Labute approximate surface area is 554 Å². The first-order valence-corrected chi connectivity index (χ1v) is 33.2. The first-order valence-electron chi connectivity index (χ1n) is 33.2. The van der Waals surface area contributed by atoms with E-state index in [-0.39, 0.29) is 0 Å². The molecular weight excluding hydrogens is 1160 g/mol. The fourth-order valence-corrected chi connectivity index (χ4v) is 14.8. The van der Waals surface area contributed by atoms with Gasteiger partial charge in [-0.2, -0.15) is 0 Å². The van der Waals surface area contributed by atoms with Gasteiger partial charge in [0.25, 0.3) is 0 Å². The predicted molar refractivity (Wildman–Crippen MR) is 383 cm³/mol. The molecular formula is C84H86N2O8. The van der Waals surface area contributed by atoms with Gasteiger partial charge in [0.15, 0.2) is 0 Å². The maximum atomic E-state index is 6.40. The van der Waals surface area contributed by atoms with Crippen LogP contribution in [-0.4, -0.2) is 112 Å². The van der Waals surface area contributed by atoms with E-state index in [4.69, 9.17) is 37.9 Å². The van der Waals surface area contributed by atoms with Crippen molar-refractivity contribution in [1.82, 2.24) is 4.57 Å². The maximum absolute atomic E-state index is 6.40. The van der Waals surface area contributed by atoms with Crippen LogP contribution in [0.1, 0.15) is 59.1 Å². The molecule has 0 radical (unpaired) electrons. The number of rotatable bonds is 31. The van der Waals surface area contributed by atoms with Crippen molar-refractivity contribution < 1.29 is 37.9 Å². The zero-order valence-electron chi connectivity index (χ0n) is 55.3. The van der Waals surface area contributed by atoms with Gasteiger partial charge in [-0.1, -0.05) is 157 Å². The number of methoxy groups -OCH3 is 4. The Bertz CT molecular complexity index is 4160. The summed E-state index contributed by atoms with van der Waals surface area (Å²) in [6.07, 6.45) is 3.06. The van der Waals surface area contributed by atoms with Gasteiger partial charge < -0.3 is 47.4 Å². The van der Waals surface area contributed by atoms with Gasteiger partial charge in [-0.05, 0) is 190 Å². The summed E-state index contributed by atoms with van der Waals surface area (Å²) < 4.78 is 49.8. The average Bonchev–Trinajstić information content (AvgIpc) is 1.57. The smallest absolute Gasteiger partial charge is 0.0700 e. The average molecular weight is 1250 g/mol. The van der Waals surface area contributed by atoms with Crippen LogP contribution in [0, 0.1) is 13.8 Å². The van der Waals surface area contributed by atoms with Crippen LogP contribution in [0.4, 0.5) is 17.1 Å². The highest BCUT2D eigenvalue weighted by Gasteiger charge is 2.45. The second-order valence-corrected chi connectivity index (χ2v) is 25.1. The maximum Gasteiger partial charge on any atom is 0.0700 e. The van der Waals surface area contributed by atoms with Crippen LogP contribution in [0.3, 0.4) is 0 Å². The van der Waals surface area contributed by atoms with Crippen LogP contribution in [0.25, 0.3) is 83.1 Å². The standard InChI is InChI=1S/C84H86N2O8/c1-59-21-30-71-73-32-28-68(57-79(73)83(77(71)51-59,35-39-91-47-43-87-3)36-40-92-48-44-88-4)85(69-29-33-74-72-31-22-60(2)52-78(72)84(80(74)58-69,37-41-93-49-45-89-5)38-42-94-50-46-90-6)67-26-23-63(24-27-67)64-25-34-82-76(56-64)75-19-13-14-20-81(75)86(82)70-54-65(61-15-9-7-10-16-61)53-66(55-70)62-17-11-8-12-18-62/h7-34,51-58H,35-50H2,1-6H3. The molecule has 10 heteroatoms. The first-order chi connectivity index (χ1) is 46.2. The van der Waals surface area contributed by atoms with Gasteiger partial charge in [0, 0.05) is 99.2 Å². The van der Waals surface area contributed by atoms with E-state index in [1.165, 1.54) is 88.7 Å². The molecule has 2 aliphatic carbocycles. The summed E-state index contributed by atoms with van der Waals surface area (Å²) in [6.45, 7) is 10.9. The Morgan fingerprint density at radius 1 is 0.298 bits per heavy atom. The third-order valence-corrected chi connectivity index (χ3v) is 19.5. The van der Waals surface area contributed by atoms with Gasteiger partial charge in [-0.25, -0.2) is 0 Å². The monoisotopic (exact) mass is 1250 g/mol. The lowest BCUT2D eigenvalue weighted by Crippen LogP contribution is -2.30. The molecule has 0 amide bonds. The zero-order chi connectivity index (χ0) is 64.4. The number of aromatic nitrogens is 1. The fourth-order valence-electron chi connectivity index (χ4n) is 14.8. The van der Waals surface area contributed by atoms with Crippen molar-refractivity contribution >= 4 is 38.9 Å². The number of fused-ring (bicyclic) bond motifs is 9. The number of hydrogen-bond donors (Lipinski definition) is 0. The number of benzene rings is 10. The molecule has 1 heterocycles. The Kier molecular flexibility index (Phi) is 20.1. The number of ether oxygens (including phenoxy) is 8. The second-order valence-electron chi connectivity index (χ2n) is 25.1. The summed E-state index contributed by atoms with van der Waals surface area (Å²) in [5, 5.41) is 2.40. The number of para-hydroxylation sites is 1. The molecule has 0 atom stereocenters. The van der Waals surface area contributed by atoms with Crippen molar-refractivity contribution in [1.29, 1.82) is 0 Å². The largest absolute Gasteiger partial charge is 0.382 e. The molecule has 11 aromatic rings. The van der Waals surface area contributed by atoms with Crippen molar-refractivity contribution in [2.24, 2.45) is 0 Å². The van der Waals surface area contributed by atoms with Crippen molar-refractivity contribution in [3.63, 3.8) is 0 Å². The highest BCUT2D eigenvalue weighted by molar-refractivity contribution is 6.10. The Morgan fingerprint density at radius 3 is 1.14 bits per heavy atom. The summed E-state index contributed by atoms with van der Waals surface area (Å²) in [5.74, 6) is 0. The van der Waals surface area contributed by atoms with Crippen molar-refractivity contribution in [2.45, 2.75) is 50.4 Å². The Balaban J connectivity index is 0.952. The number of nitrogens with zero attached hydrogens (tertiary/aromatic N) is 2. The Hall–Kier alpha value is -8.52. The van der Waals surface area contributed by atoms with Crippen LogP contribution >= 0.6 is 0 Å². The number of anilines is 3. The lowest BCUT2D eigenvalue weighted by Gasteiger charge is -2.35. The molecule has 13 rings (SSSR count). The van der Waals surface area contributed by atoms with E-state index in [0.717, 1.165) is 70.6 Å². The second kappa shape index (κ2) is 29.4. The molecule has 480 valence electrons. The van der Waals surface area contributed by atoms with E-state index in [1.807, 2.05) is 0 Å². The number of aryl methyl sites for hydroxylation is 2. The molecule has 0 N–H and O–H groups in total. The number of hydrogen-bond acceptors (Lipinski definition) is 9. The highest BCUT2D eigenvalue weighted by Crippen LogP contribution is 2.57. The van der Waals surface area contributed by atoms with Crippen molar-refractivity contribution in [2.75, 3.05) is 113 Å². The minimum Gasteiger partial charge on any atom is -0.382 e. The molecule has 10 aromatic carbocycles. The molecule has 10 nitrogen and oxygen atoms in total. The molecule has 2 aliphatic rings. The van der Waals surface area contributed by atoms with E-state index < -0.39 is 10.8 Å². The molecule has 0 saturated carbocycles. The van der Waals surface area contributed by atoms with Gasteiger partial charge in [0.1, 0.15) is 0 Å². The van der Waals surface area contributed by atoms with Gasteiger partial charge in [-0.15, -0.1) is 0 Å². The minimum atomic E-state index is -0.419. The van der Waals surface area contributed by atoms with Gasteiger partial charge in [0.2, 0.25) is 0 Å². The fraction of sp³-hybridized carbons (Fsp3) is 0.286. The Morgan fingerprint density at radius 2 is 0.681 bits per heavy atom. The van der Waals surface area contributed by atoms with Crippen molar-refractivity contribution in [3.8, 4) is 61.3 Å². The molecule has 0 aliphatic heterocycles. The SMILES string of the molecule is COCCOCCC1(CCOCCOC)c2cc(C)ccc2-c2ccc(N(c3ccc(-c4ccc5c(c4)c4ccccc4n5-c4cc(-c5ccccc5)cc(-c5ccccc5)c4)cc3)c3ccc4c(c3)C(CCOCCOC)(CCOCCOC)c3cc(C)ccc3-4)cc21. The molecule has 94 heavy (non-hydrogen) atoms. The lowest BCUT2D eigenvalue weighted by molar-refractivity contribution is 0.0490. The summed E-state index contributed by atoms with van der Waals surface area (Å²) in [5.41, 5.74) is 25.3. The quantitative estimate of drug-likeness (QED) is 0.0395. The first kappa shape index (κ1) is 64.2. The van der Waals surface area contributed by atoms with Crippen LogP contribution in [0.2, 0.25) is 0 Å². The molecule has 1 aromatic heterocycles. The van der Waals surface area contributed by atoms with E-state index in [0.29, 0.717) is 79.3 Å². The van der Waals surface area contributed by atoms with E-state index in [9.17, 15) is 0 Å². The third-order valence-electron chi connectivity index (χ3n) is 19.5. The molecule has 0 bridgehead atoms. The zero-order valence-corrected chi connectivity index (χ0v) is 55.3. The molecule has 0 fully saturated rings. The van der Waals surface area contributed by atoms with E-state index in [2.05, 4.69) is 242 Å². The van der Waals surface area contributed by atoms with Crippen LogP contribution in [0.15, 0.2) is 218 Å². The predicted octanol–water partition coefficient (Wildman–Crippen LogP) is 18.6. The topological polar surface area (TPSA) is 82.0 Å². The molecule has 0 unspecified atom stereocenters. The van der Waals surface area contributed by atoms with Crippen LogP contribution in [0.5, 0.6) is 0 Å². The summed E-state index contributed by atoms with van der Waals surface area (Å²) in [4.78, 5) is 2.47. The van der Waals surface area contributed by atoms with Crippen LogP contribution < -0.4 is 4.90 Å². The summed E-state index contributed by atoms with van der Waals surface area (Å²) in [6, 6.07) is 81.7. The molecule has 0 saturated heterocycles. The van der Waals surface area contributed by atoms with E-state index >= 15 is 0 Å². The normalized spacial score (nSPS) is 13.3. The van der Waals surface area contributed by atoms with Gasteiger partial charge >= 0.3 is 0 Å². The van der Waals surface area contributed by atoms with Crippen LogP contribution in [-0.2, 0) is 48.7 Å². The summed E-state index contributed by atoms with van der Waals surface area (Å²) >= 11 is 0. The molecule has 0 spiro atoms. The van der Waals surface area contributed by atoms with E-state index in [1.54, 1.807) is 28.4 Å².